The summed E-state index contributed by atoms with van der Waals surface area (Å²) < 4.78 is 6.94. The molecule has 0 radical (unpaired) electrons. The Labute approximate surface area is 201 Å². The summed E-state index contributed by atoms with van der Waals surface area (Å²) in [6.07, 6.45) is 8.43. The Balaban J connectivity index is 1.64. The summed E-state index contributed by atoms with van der Waals surface area (Å²) in [6, 6.07) is 21.5. The fourth-order valence-corrected chi connectivity index (χ4v) is 10.7. The molecular formula is C30H38O2Si. The third kappa shape index (κ3) is 4.61. The number of benzene rings is 2. The van der Waals surface area contributed by atoms with Gasteiger partial charge in [0.2, 0.25) is 0 Å². The summed E-state index contributed by atoms with van der Waals surface area (Å²) in [7, 11) is -2.57. The lowest BCUT2D eigenvalue weighted by Crippen LogP contribution is -2.66. The van der Waals surface area contributed by atoms with Gasteiger partial charge in [0.25, 0.3) is 8.32 Å². The van der Waals surface area contributed by atoms with Gasteiger partial charge in [0.1, 0.15) is 5.78 Å². The first-order valence-electron chi connectivity index (χ1n) is 12.7. The van der Waals surface area contributed by atoms with E-state index in [2.05, 4.69) is 93.3 Å². The van der Waals surface area contributed by atoms with Crippen LogP contribution in [0.5, 0.6) is 0 Å². The molecule has 2 saturated carbocycles. The van der Waals surface area contributed by atoms with Gasteiger partial charge in [-0.15, -0.1) is 0 Å². The normalized spacial score (nSPS) is 20.8. The summed E-state index contributed by atoms with van der Waals surface area (Å²) in [4.78, 5) is 13.0. The lowest BCUT2D eigenvalue weighted by atomic mass is 9.59. The van der Waals surface area contributed by atoms with Crippen molar-refractivity contribution in [1.82, 2.24) is 0 Å². The van der Waals surface area contributed by atoms with Gasteiger partial charge in [-0.1, -0.05) is 113 Å². The predicted molar refractivity (Wildman–Crippen MR) is 139 cm³/mol. The first-order chi connectivity index (χ1) is 15.9. The Morgan fingerprint density at radius 3 is 2.03 bits per heavy atom. The lowest BCUT2D eigenvalue weighted by Gasteiger charge is -2.43. The van der Waals surface area contributed by atoms with Crippen LogP contribution < -0.4 is 10.4 Å². The van der Waals surface area contributed by atoms with Crippen LogP contribution in [0.15, 0.2) is 60.7 Å². The third-order valence-electron chi connectivity index (χ3n) is 7.92. The highest BCUT2D eigenvalue weighted by Crippen LogP contribution is 2.48. The summed E-state index contributed by atoms with van der Waals surface area (Å²) >= 11 is 0. The molecule has 1 atom stereocenters. The summed E-state index contributed by atoms with van der Waals surface area (Å²) in [5.74, 6) is 7.66. The number of hydrogen-bond donors (Lipinski definition) is 0. The van der Waals surface area contributed by atoms with Crippen LogP contribution in [-0.2, 0) is 9.22 Å². The third-order valence-corrected chi connectivity index (χ3v) is 12.9. The van der Waals surface area contributed by atoms with Crippen molar-refractivity contribution in [2.45, 2.75) is 77.2 Å². The second-order valence-electron chi connectivity index (χ2n) is 10.9. The molecule has 2 nitrogen and oxygen atoms in total. The maximum atomic E-state index is 13.0. The van der Waals surface area contributed by atoms with Crippen LogP contribution in [-0.4, -0.2) is 20.7 Å². The molecule has 2 fully saturated rings. The van der Waals surface area contributed by atoms with E-state index in [1.807, 2.05) is 0 Å². The first kappa shape index (κ1) is 24.0. The molecule has 1 unspecified atom stereocenters. The molecule has 0 bridgehead atoms. The topological polar surface area (TPSA) is 26.3 Å². The number of carbonyl (C=O) groups excluding carboxylic acids is 1. The van der Waals surface area contributed by atoms with Crippen LogP contribution in [0.4, 0.5) is 0 Å². The van der Waals surface area contributed by atoms with Gasteiger partial charge < -0.3 is 4.43 Å². The predicted octanol–water partition coefficient (Wildman–Crippen LogP) is 5.89. The monoisotopic (exact) mass is 458 g/mol. The van der Waals surface area contributed by atoms with E-state index in [0.717, 1.165) is 32.1 Å². The van der Waals surface area contributed by atoms with Crippen molar-refractivity contribution in [1.29, 1.82) is 0 Å². The number of hydrogen-bond acceptors (Lipinski definition) is 2. The van der Waals surface area contributed by atoms with Gasteiger partial charge in [-0.25, -0.2) is 0 Å². The fourth-order valence-electron chi connectivity index (χ4n) is 6.28. The Morgan fingerprint density at radius 2 is 1.48 bits per heavy atom. The zero-order valence-corrected chi connectivity index (χ0v) is 21.5. The lowest BCUT2D eigenvalue weighted by molar-refractivity contribution is -0.135. The van der Waals surface area contributed by atoms with Crippen LogP contribution in [0, 0.1) is 23.2 Å². The Hall–Kier alpha value is -2.15. The molecule has 1 spiro atoms. The molecule has 2 aromatic carbocycles. The van der Waals surface area contributed by atoms with Crippen molar-refractivity contribution in [2.75, 3.05) is 6.61 Å². The average Bonchev–Trinajstić information content (AvgIpc) is 2.83. The molecule has 4 rings (SSSR count). The number of Topliss-reactive ketones (excluding diaryl/α,β-unsaturated/α-hetero) is 1. The number of rotatable bonds is 4. The highest BCUT2D eigenvalue weighted by atomic mass is 28.4. The molecule has 0 aromatic heterocycles. The summed E-state index contributed by atoms with van der Waals surface area (Å²) in [5.41, 5.74) is -0.180. The van der Waals surface area contributed by atoms with Crippen molar-refractivity contribution in [2.24, 2.45) is 11.3 Å². The quantitative estimate of drug-likeness (QED) is 0.422. The first-order valence-corrected chi connectivity index (χ1v) is 14.6. The molecule has 0 heterocycles. The Morgan fingerprint density at radius 1 is 0.909 bits per heavy atom. The van der Waals surface area contributed by atoms with Gasteiger partial charge in [0.15, 0.2) is 0 Å². The molecule has 33 heavy (non-hydrogen) atoms. The SMILES string of the molecule is CC(C)(C)[Si](OCC#CC1CCCC(=O)C12CCCCC2)(c1ccccc1)c1ccccc1. The maximum Gasteiger partial charge on any atom is 0.262 e. The Kier molecular flexibility index (Phi) is 7.27. The molecule has 3 heteroatoms. The molecule has 174 valence electrons. The van der Waals surface area contributed by atoms with Gasteiger partial charge in [0.05, 0.1) is 6.61 Å². The van der Waals surface area contributed by atoms with E-state index in [1.54, 1.807) is 0 Å². The van der Waals surface area contributed by atoms with Gasteiger partial charge in [-0.2, -0.15) is 0 Å². The van der Waals surface area contributed by atoms with Gasteiger partial charge in [0, 0.05) is 17.8 Å². The van der Waals surface area contributed by atoms with E-state index < -0.39 is 8.32 Å². The van der Waals surface area contributed by atoms with E-state index >= 15 is 0 Å². The molecule has 0 aliphatic heterocycles. The largest absolute Gasteiger partial charge is 0.396 e. The Bertz CT molecular complexity index is 949. The van der Waals surface area contributed by atoms with E-state index in [9.17, 15) is 4.79 Å². The highest BCUT2D eigenvalue weighted by Gasteiger charge is 2.50. The summed E-state index contributed by atoms with van der Waals surface area (Å²) in [5, 5.41) is 2.51. The van der Waals surface area contributed by atoms with E-state index in [4.69, 9.17) is 4.43 Å². The summed E-state index contributed by atoms with van der Waals surface area (Å²) in [6.45, 7) is 7.30. The minimum Gasteiger partial charge on any atom is -0.396 e. The zero-order valence-electron chi connectivity index (χ0n) is 20.5. The molecule has 0 amide bonds. The minimum atomic E-state index is -2.57. The molecular weight excluding hydrogens is 420 g/mol. The van der Waals surface area contributed by atoms with Gasteiger partial charge >= 0.3 is 0 Å². The maximum absolute atomic E-state index is 13.0. The van der Waals surface area contributed by atoms with Crippen LogP contribution in [0.1, 0.15) is 72.1 Å². The zero-order chi connectivity index (χ0) is 23.4. The van der Waals surface area contributed by atoms with Crippen LogP contribution >= 0.6 is 0 Å². The van der Waals surface area contributed by atoms with Crippen LogP contribution in [0.25, 0.3) is 0 Å². The van der Waals surface area contributed by atoms with E-state index in [1.165, 1.54) is 29.6 Å². The average molecular weight is 459 g/mol. The van der Waals surface area contributed by atoms with Crippen molar-refractivity contribution in [3.8, 4) is 11.8 Å². The van der Waals surface area contributed by atoms with Crippen molar-refractivity contribution in [3.05, 3.63) is 60.7 Å². The molecule has 0 N–H and O–H groups in total. The van der Waals surface area contributed by atoms with Crippen molar-refractivity contribution >= 4 is 24.5 Å². The van der Waals surface area contributed by atoms with Crippen LogP contribution in [0.3, 0.4) is 0 Å². The fraction of sp³-hybridized carbons (Fsp3) is 0.500. The molecule has 0 saturated heterocycles. The standard InChI is InChI=1S/C30H38O2Si/c1-29(2,3)33(26-17-7-4-8-18-26,27-19-9-5-10-20-27)32-24-14-16-25-15-13-21-28(31)30(25)22-11-6-12-23-30/h4-5,7-10,17-20,25H,6,11-13,15,21-24H2,1-3H3. The van der Waals surface area contributed by atoms with Gasteiger partial charge in [-0.05, 0) is 41.1 Å². The highest BCUT2D eigenvalue weighted by molar-refractivity contribution is 6.99. The van der Waals surface area contributed by atoms with E-state index in [-0.39, 0.29) is 16.4 Å². The second-order valence-corrected chi connectivity index (χ2v) is 15.2. The van der Waals surface area contributed by atoms with Crippen molar-refractivity contribution in [3.63, 3.8) is 0 Å². The van der Waals surface area contributed by atoms with Crippen LogP contribution in [0.2, 0.25) is 5.04 Å². The smallest absolute Gasteiger partial charge is 0.262 e. The molecule has 2 aliphatic carbocycles. The minimum absolute atomic E-state index is 0.0528. The molecule has 2 aromatic rings. The second kappa shape index (κ2) is 10.00. The van der Waals surface area contributed by atoms with Gasteiger partial charge in [-0.3, -0.25) is 4.79 Å². The number of ketones is 1. The van der Waals surface area contributed by atoms with E-state index in [0.29, 0.717) is 12.4 Å². The molecule has 2 aliphatic rings. The van der Waals surface area contributed by atoms with Crippen molar-refractivity contribution < 1.29 is 9.22 Å². The number of carbonyl (C=O) groups is 1.